The van der Waals surface area contributed by atoms with Crippen LogP contribution in [0.25, 0.3) is 0 Å². The molecule has 2 aromatic rings. The van der Waals surface area contributed by atoms with Crippen molar-refractivity contribution in [3.8, 4) is 5.75 Å². The highest BCUT2D eigenvalue weighted by atomic mass is 127. The molecule has 1 atom stereocenters. The SMILES string of the molecule is CCNC(=NCc1cn(C)nc1C(F)(F)F)NCC(O)c1cccc(OC(C)C)c1.I. The van der Waals surface area contributed by atoms with Crippen molar-refractivity contribution in [3.63, 3.8) is 0 Å². The Morgan fingerprint density at radius 3 is 2.61 bits per heavy atom. The molecule has 0 radical (unpaired) electrons. The molecule has 0 amide bonds. The van der Waals surface area contributed by atoms with Gasteiger partial charge < -0.3 is 20.5 Å². The minimum Gasteiger partial charge on any atom is -0.491 e. The predicted molar refractivity (Wildman–Crippen MR) is 124 cm³/mol. The van der Waals surface area contributed by atoms with Crippen LogP contribution in [0.1, 0.15) is 43.7 Å². The van der Waals surface area contributed by atoms with E-state index in [2.05, 4.69) is 20.7 Å². The van der Waals surface area contributed by atoms with Gasteiger partial charge in [0.2, 0.25) is 0 Å². The van der Waals surface area contributed by atoms with Crippen LogP contribution in [-0.4, -0.2) is 40.0 Å². The lowest BCUT2D eigenvalue weighted by atomic mass is 10.1. The first-order valence-corrected chi connectivity index (χ1v) is 9.66. The Balaban J connectivity index is 0.00000480. The molecule has 2 rings (SSSR count). The van der Waals surface area contributed by atoms with E-state index in [1.807, 2.05) is 20.8 Å². The lowest BCUT2D eigenvalue weighted by molar-refractivity contribution is -0.142. The maximum absolute atomic E-state index is 13.1. The van der Waals surface area contributed by atoms with Crippen LogP contribution in [0.5, 0.6) is 5.75 Å². The van der Waals surface area contributed by atoms with E-state index in [4.69, 9.17) is 4.74 Å². The zero-order chi connectivity index (χ0) is 22.3. The summed E-state index contributed by atoms with van der Waals surface area (Å²) >= 11 is 0. The van der Waals surface area contributed by atoms with Gasteiger partial charge in [0.25, 0.3) is 0 Å². The van der Waals surface area contributed by atoms with E-state index in [0.29, 0.717) is 23.8 Å². The van der Waals surface area contributed by atoms with Gasteiger partial charge in [0.1, 0.15) is 5.75 Å². The van der Waals surface area contributed by atoms with Gasteiger partial charge in [-0.25, -0.2) is 4.99 Å². The van der Waals surface area contributed by atoms with Crippen LogP contribution >= 0.6 is 24.0 Å². The first-order chi connectivity index (χ1) is 14.1. The number of aryl methyl sites for hydroxylation is 1. The number of alkyl halides is 3. The van der Waals surface area contributed by atoms with E-state index in [1.54, 1.807) is 24.3 Å². The van der Waals surface area contributed by atoms with Crippen molar-refractivity contribution in [2.24, 2.45) is 12.0 Å². The molecule has 0 saturated carbocycles. The van der Waals surface area contributed by atoms with Gasteiger partial charge in [-0.2, -0.15) is 18.3 Å². The van der Waals surface area contributed by atoms with E-state index in [1.165, 1.54) is 13.2 Å². The van der Waals surface area contributed by atoms with Crippen molar-refractivity contribution in [3.05, 3.63) is 47.3 Å². The van der Waals surface area contributed by atoms with Crippen LogP contribution < -0.4 is 15.4 Å². The van der Waals surface area contributed by atoms with Gasteiger partial charge in [0, 0.05) is 31.9 Å². The largest absolute Gasteiger partial charge is 0.491 e. The third-order valence-corrected chi connectivity index (χ3v) is 4.00. The Hall–Kier alpha value is -2.02. The molecule has 0 bridgehead atoms. The molecule has 31 heavy (non-hydrogen) atoms. The number of aliphatic imine (C=N–C) groups is 1. The fourth-order valence-corrected chi connectivity index (χ4v) is 2.78. The number of nitrogens with one attached hydrogen (secondary N) is 2. The maximum atomic E-state index is 13.1. The van der Waals surface area contributed by atoms with Crippen LogP contribution in [0, 0.1) is 0 Å². The molecule has 0 spiro atoms. The number of halogens is 4. The lowest BCUT2D eigenvalue weighted by Crippen LogP contribution is -2.39. The van der Waals surface area contributed by atoms with Crippen LogP contribution in [0.15, 0.2) is 35.5 Å². The average molecular weight is 555 g/mol. The number of guanidine groups is 1. The summed E-state index contributed by atoms with van der Waals surface area (Å²) in [6.07, 6.45) is -4.09. The first-order valence-electron chi connectivity index (χ1n) is 9.66. The van der Waals surface area contributed by atoms with E-state index in [-0.39, 0.29) is 48.7 Å². The molecule has 0 aliphatic rings. The number of aliphatic hydroxyl groups excluding tert-OH is 1. The smallest absolute Gasteiger partial charge is 0.435 e. The second-order valence-electron chi connectivity index (χ2n) is 7.01. The Morgan fingerprint density at radius 2 is 2.00 bits per heavy atom. The summed E-state index contributed by atoms with van der Waals surface area (Å²) < 4.78 is 46.0. The van der Waals surface area contributed by atoms with Crippen molar-refractivity contribution in [1.82, 2.24) is 20.4 Å². The highest BCUT2D eigenvalue weighted by Gasteiger charge is 2.36. The quantitative estimate of drug-likeness (QED) is 0.263. The van der Waals surface area contributed by atoms with Crippen LogP contribution in [-0.2, 0) is 19.8 Å². The topological polar surface area (TPSA) is 83.7 Å². The van der Waals surface area contributed by atoms with Gasteiger partial charge in [-0.1, -0.05) is 12.1 Å². The Kier molecular flexibility index (Phi) is 10.6. The number of aliphatic hydroxyl groups is 1. The van der Waals surface area contributed by atoms with Crippen molar-refractivity contribution in [1.29, 1.82) is 0 Å². The Bertz CT molecular complexity index is 856. The van der Waals surface area contributed by atoms with Gasteiger partial charge in [-0.05, 0) is 38.5 Å². The van der Waals surface area contributed by atoms with Crippen LogP contribution in [0.3, 0.4) is 0 Å². The molecule has 174 valence electrons. The number of hydrogen-bond donors (Lipinski definition) is 3. The molecule has 1 heterocycles. The standard InChI is InChI=1S/C20H28F3N5O2.HI/c1-5-24-19(25-10-15-12-28(4)27-18(15)20(21,22)23)26-11-17(29)14-7-6-8-16(9-14)30-13(2)3;/h6-9,12-13,17,29H,5,10-11H2,1-4H3,(H2,24,25,26);1H. The van der Waals surface area contributed by atoms with Crippen molar-refractivity contribution < 1.29 is 23.0 Å². The van der Waals surface area contributed by atoms with Gasteiger partial charge in [-0.3, -0.25) is 4.68 Å². The third-order valence-electron chi connectivity index (χ3n) is 4.00. The minimum absolute atomic E-state index is 0. The summed E-state index contributed by atoms with van der Waals surface area (Å²) in [7, 11) is 1.43. The lowest BCUT2D eigenvalue weighted by Gasteiger charge is -2.17. The van der Waals surface area contributed by atoms with Gasteiger partial charge in [0.05, 0.1) is 18.8 Å². The van der Waals surface area contributed by atoms with Crippen LogP contribution in [0.2, 0.25) is 0 Å². The number of nitrogens with zero attached hydrogens (tertiary/aromatic N) is 3. The molecule has 3 N–H and O–H groups in total. The summed E-state index contributed by atoms with van der Waals surface area (Å²) in [6.45, 7) is 6.10. The molecule has 0 saturated heterocycles. The molecule has 1 aromatic heterocycles. The second kappa shape index (κ2) is 12.1. The molecule has 1 aromatic carbocycles. The highest BCUT2D eigenvalue weighted by molar-refractivity contribution is 14.0. The fourth-order valence-electron chi connectivity index (χ4n) is 2.78. The molecular weight excluding hydrogens is 526 g/mol. The normalized spacial score (nSPS) is 13.0. The van der Waals surface area contributed by atoms with Crippen molar-refractivity contribution in [2.75, 3.05) is 13.1 Å². The van der Waals surface area contributed by atoms with E-state index in [0.717, 1.165) is 4.68 Å². The Morgan fingerprint density at radius 1 is 1.29 bits per heavy atom. The number of aromatic nitrogens is 2. The van der Waals surface area contributed by atoms with Crippen molar-refractivity contribution >= 4 is 29.9 Å². The van der Waals surface area contributed by atoms with E-state index < -0.39 is 18.0 Å². The third kappa shape index (κ3) is 8.56. The summed E-state index contributed by atoms with van der Waals surface area (Å²) in [4.78, 5) is 4.20. The molecular formula is C20H29F3IN5O2. The maximum Gasteiger partial charge on any atom is 0.435 e. The summed E-state index contributed by atoms with van der Waals surface area (Å²) in [6, 6.07) is 7.12. The summed E-state index contributed by atoms with van der Waals surface area (Å²) in [5.41, 5.74) is -0.323. The number of hydrogen-bond acceptors (Lipinski definition) is 4. The molecule has 0 fully saturated rings. The molecule has 0 aliphatic heterocycles. The predicted octanol–water partition coefficient (Wildman–Crippen LogP) is 3.63. The summed E-state index contributed by atoms with van der Waals surface area (Å²) in [5, 5.41) is 19.9. The number of ether oxygens (including phenoxy) is 1. The molecule has 1 unspecified atom stereocenters. The summed E-state index contributed by atoms with van der Waals surface area (Å²) in [5.74, 6) is 0.946. The zero-order valence-corrected chi connectivity index (χ0v) is 20.2. The van der Waals surface area contributed by atoms with E-state index >= 15 is 0 Å². The Labute approximate surface area is 197 Å². The minimum atomic E-state index is -4.54. The monoisotopic (exact) mass is 555 g/mol. The number of rotatable bonds is 8. The fraction of sp³-hybridized carbons (Fsp3) is 0.500. The highest BCUT2D eigenvalue weighted by Crippen LogP contribution is 2.30. The van der Waals surface area contributed by atoms with Crippen LogP contribution in [0.4, 0.5) is 13.2 Å². The van der Waals surface area contributed by atoms with E-state index in [9.17, 15) is 18.3 Å². The van der Waals surface area contributed by atoms with Gasteiger partial charge >= 0.3 is 6.18 Å². The first kappa shape index (κ1) is 27.0. The van der Waals surface area contributed by atoms with Crippen molar-refractivity contribution in [2.45, 2.75) is 45.7 Å². The molecule has 11 heteroatoms. The number of benzene rings is 1. The average Bonchev–Trinajstić information content (AvgIpc) is 3.04. The molecule has 0 aliphatic carbocycles. The molecule has 7 nitrogen and oxygen atoms in total. The van der Waals surface area contributed by atoms with Gasteiger partial charge in [-0.15, -0.1) is 24.0 Å². The zero-order valence-electron chi connectivity index (χ0n) is 17.9. The van der Waals surface area contributed by atoms with Gasteiger partial charge in [0.15, 0.2) is 11.7 Å². The second-order valence-corrected chi connectivity index (χ2v) is 7.01.